The molecule has 2 aromatic heterocycles. The highest BCUT2D eigenvalue weighted by atomic mass is 16.3. The van der Waals surface area contributed by atoms with Crippen LogP contribution in [0.5, 0.6) is 0 Å². The Morgan fingerprint density at radius 3 is 2.97 bits per heavy atom. The van der Waals surface area contributed by atoms with Crippen molar-refractivity contribution < 1.29 is 9.21 Å². The van der Waals surface area contributed by atoms with Gasteiger partial charge in [0.25, 0.3) is 0 Å². The van der Waals surface area contributed by atoms with Gasteiger partial charge in [0.1, 0.15) is 11.3 Å². The third-order valence-corrected chi connectivity index (χ3v) is 5.17. The minimum atomic E-state index is 0.0815. The van der Waals surface area contributed by atoms with Crippen molar-refractivity contribution in [3.05, 3.63) is 72.7 Å². The molecule has 4 rings (SSSR count). The maximum Gasteiger partial charge on any atom is 0.224 e. The Hall–Kier alpha value is -3.58. The summed E-state index contributed by atoms with van der Waals surface area (Å²) in [6, 6.07) is 13.9. The van der Waals surface area contributed by atoms with Crippen LogP contribution in [0.4, 0.5) is 0 Å². The zero-order valence-electron chi connectivity index (χ0n) is 16.7. The molecule has 0 aliphatic carbocycles. The number of pyridine rings is 1. The van der Waals surface area contributed by atoms with Crippen molar-refractivity contribution in [3.63, 3.8) is 0 Å². The Balaban J connectivity index is 1.48. The van der Waals surface area contributed by atoms with Gasteiger partial charge in [0.05, 0.1) is 0 Å². The second-order valence-corrected chi connectivity index (χ2v) is 7.24. The smallest absolute Gasteiger partial charge is 0.224 e. The number of hydrogen-bond acceptors (Lipinski definition) is 6. The highest BCUT2D eigenvalue weighted by Gasteiger charge is 2.20. The van der Waals surface area contributed by atoms with Crippen LogP contribution in [0.25, 0.3) is 28.0 Å². The van der Waals surface area contributed by atoms with E-state index in [0.29, 0.717) is 26.1 Å². The highest BCUT2D eigenvalue weighted by molar-refractivity contribution is 5.87. The lowest BCUT2D eigenvalue weighted by atomic mass is 10.00. The number of hydrazine groups is 1. The van der Waals surface area contributed by atoms with Crippen LogP contribution in [-0.2, 0) is 4.79 Å². The SMILES string of the molecule is N/C=C\N(N)CCC(=O)N1CCC=C(c2ccc3cc(-c4ccccn4)oc3c2)C1. The Bertz CT molecular complexity index is 1090. The Morgan fingerprint density at radius 2 is 2.17 bits per heavy atom. The highest BCUT2D eigenvalue weighted by Crippen LogP contribution is 2.30. The molecule has 3 aromatic rings. The molecular weight excluding hydrogens is 378 g/mol. The molecule has 1 amide bonds. The second kappa shape index (κ2) is 8.84. The zero-order valence-corrected chi connectivity index (χ0v) is 16.7. The molecule has 7 nitrogen and oxygen atoms in total. The van der Waals surface area contributed by atoms with Crippen LogP contribution in [-0.4, -0.2) is 40.4 Å². The summed E-state index contributed by atoms with van der Waals surface area (Å²) in [4.78, 5) is 18.8. The van der Waals surface area contributed by atoms with E-state index in [0.717, 1.165) is 40.0 Å². The third-order valence-electron chi connectivity index (χ3n) is 5.17. The number of amides is 1. The number of hydrogen-bond donors (Lipinski definition) is 2. The number of rotatable bonds is 6. The predicted octanol–water partition coefficient (Wildman–Crippen LogP) is 3.11. The van der Waals surface area contributed by atoms with Gasteiger partial charge in [-0.25, -0.2) is 5.84 Å². The lowest BCUT2D eigenvalue weighted by Gasteiger charge is -2.28. The fourth-order valence-electron chi connectivity index (χ4n) is 3.60. The molecule has 1 aliphatic rings. The summed E-state index contributed by atoms with van der Waals surface area (Å²) in [5, 5.41) is 2.45. The Kier molecular flexibility index (Phi) is 5.81. The number of furan rings is 1. The number of nitrogens with two attached hydrogens (primary N) is 2. The molecule has 0 unspecified atom stereocenters. The van der Waals surface area contributed by atoms with E-state index in [1.54, 1.807) is 12.4 Å². The van der Waals surface area contributed by atoms with E-state index in [1.165, 1.54) is 11.2 Å². The summed E-state index contributed by atoms with van der Waals surface area (Å²) in [5.74, 6) is 6.57. The largest absolute Gasteiger partial charge is 0.454 e. The summed E-state index contributed by atoms with van der Waals surface area (Å²) in [6.45, 7) is 1.72. The van der Waals surface area contributed by atoms with E-state index in [1.807, 2.05) is 41.3 Å². The number of aromatic nitrogens is 1. The summed E-state index contributed by atoms with van der Waals surface area (Å²) in [7, 11) is 0. The topological polar surface area (TPSA) is 102 Å². The first kappa shape index (κ1) is 19.7. The van der Waals surface area contributed by atoms with E-state index < -0.39 is 0 Å². The van der Waals surface area contributed by atoms with E-state index in [9.17, 15) is 4.79 Å². The third kappa shape index (κ3) is 4.36. The maximum atomic E-state index is 12.6. The van der Waals surface area contributed by atoms with Gasteiger partial charge >= 0.3 is 0 Å². The van der Waals surface area contributed by atoms with Gasteiger partial charge in [0.15, 0.2) is 5.76 Å². The second-order valence-electron chi connectivity index (χ2n) is 7.24. The molecule has 1 aliphatic heterocycles. The fourth-order valence-corrected chi connectivity index (χ4v) is 3.60. The summed E-state index contributed by atoms with van der Waals surface area (Å²) < 4.78 is 6.04. The van der Waals surface area contributed by atoms with Crippen molar-refractivity contribution in [2.75, 3.05) is 19.6 Å². The first-order chi connectivity index (χ1) is 14.6. The van der Waals surface area contributed by atoms with Gasteiger partial charge in [-0.1, -0.05) is 24.3 Å². The molecule has 0 bridgehead atoms. The summed E-state index contributed by atoms with van der Waals surface area (Å²) >= 11 is 0. The standard InChI is InChI=1S/C23H25N5O2/c24-9-13-28(25)12-8-23(29)27-11-3-4-19(16-27)17-6-7-18-15-22(30-21(18)14-17)20-5-1-2-10-26-20/h1-2,4-7,9-10,13-15H,3,8,11-12,16,24-25H2/b13-9-. The number of nitrogens with zero attached hydrogens (tertiary/aromatic N) is 3. The van der Waals surface area contributed by atoms with Gasteiger partial charge in [-0.2, -0.15) is 0 Å². The molecule has 154 valence electrons. The maximum absolute atomic E-state index is 12.6. The molecule has 0 fully saturated rings. The fraction of sp³-hybridized carbons (Fsp3) is 0.217. The average molecular weight is 403 g/mol. The minimum Gasteiger partial charge on any atom is -0.454 e. The van der Waals surface area contributed by atoms with Crippen molar-refractivity contribution in [1.82, 2.24) is 14.9 Å². The molecule has 4 N–H and O–H groups in total. The van der Waals surface area contributed by atoms with Crippen LogP contribution >= 0.6 is 0 Å². The Morgan fingerprint density at radius 1 is 1.27 bits per heavy atom. The molecule has 7 heteroatoms. The van der Waals surface area contributed by atoms with Crippen LogP contribution in [0.3, 0.4) is 0 Å². The average Bonchev–Trinajstić information content (AvgIpc) is 3.22. The van der Waals surface area contributed by atoms with Gasteiger partial charge in [0.2, 0.25) is 5.91 Å². The van der Waals surface area contributed by atoms with E-state index in [-0.39, 0.29) is 5.91 Å². The normalized spacial score (nSPS) is 14.3. The molecular formula is C23H25N5O2. The van der Waals surface area contributed by atoms with Gasteiger partial charge < -0.3 is 20.1 Å². The first-order valence-electron chi connectivity index (χ1n) is 9.96. The van der Waals surface area contributed by atoms with E-state index >= 15 is 0 Å². The van der Waals surface area contributed by atoms with Crippen LogP contribution < -0.4 is 11.6 Å². The van der Waals surface area contributed by atoms with Gasteiger partial charge in [-0.15, -0.1) is 0 Å². The molecule has 30 heavy (non-hydrogen) atoms. The van der Waals surface area contributed by atoms with Crippen molar-refractivity contribution in [2.24, 2.45) is 11.6 Å². The number of benzene rings is 1. The minimum absolute atomic E-state index is 0.0815. The molecule has 0 saturated carbocycles. The van der Waals surface area contributed by atoms with Crippen LogP contribution in [0.1, 0.15) is 18.4 Å². The molecule has 0 atom stereocenters. The quantitative estimate of drug-likeness (QED) is 0.484. The first-order valence-corrected chi connectivity index (χ1v) is 9.96. The predicted molar refractivity (Wildman–Crippen MR) is 117 cm³/mol. The number of carbonyl (C=O) groups is 1. The van der Waals surface area contributed by atoms with E-state index in [2.05, 4.69) is 17.1 Å². The van der Waals surface area contributed by atoms with Crippen molar-refractivity contribution in [3.8, 4) is 11.5 Å². The van der Waals surface area contributed by atoms with E-state index in [4.69, 9.17) is 16.0 Å². The van der Waals surface area contributed by atoms with Crippen molar-refractivity contribution in [1.29, 1.82) is 0 Å². The van der Waals surface area contributed by atoms with Crippen molar-refractivity contribution in [2.45, 2.75) is 12.8 Å². The molecule has 0 spiro atoms. The van der Waals surface area contributed by atoms with Gasteiger partial charge in [-0.05, 0) is 41.8 Å². The summed E-state index contributed by atoms with van der Waals surface area (Å²) in [6.07, 6.45) is 8.02. The summed E-state index contributed by atoms with van der Waals surface area (Å²) in [5.41, 5.74) is 9.12. The van der Waals surface area contributed by atoms with Crippen LogP contribution in [0, 0.1) is 0 Å². The van der Waals surface area contributed by atoms with Crippen LogP contribution in [0.2, 0.25) is 0 Å². The van der Waals surface area contributed by atoms with Crippen LogP contribution in [0.15, 0.2) is 71.6 Å². The monoisotopic (exact) mass is 403 g/mol. The van der Waals surface area contributed by atoms with Gasteiger partial charge in [-0.3, -0.25) is 9.78 Å². The molecule has 3 heterocycles. The lowest BCUT2D eigenvalue weighted by molar-refractivity contribution is -0.130. The molecule has 0 saturated heterocycles. The number of carbonyl (C=O) groups excluding carboxylic acids is 1. The molecule has 1 aromatic carbocycles. The zero-order chi connectivity index (χ0) is 20.9. The molecule has 0 radical (unpaired) electrons. The van der Waals surface area contributed by atoms with Crippen molar-refractivity contribution >= 4 is 22.4 Å². The lowest BCUT2D eigenvalue weighted by Crippen LogP contribution is -2.38. The Labute approximate surface area is 175 Å². The number of fused-ring (bicyclic) bond motifs is 1. The van der Waals surface area contributed by atoms with Gasteiger partial charge in [0, 0.05) is 50.0 Å².